The summed E-state index contributed by atoms with van der Waals surface area (Å²) in [4.78, 5) is 15.9. The van der Waals surface area contributed by atoms with Crippen molar-refractivity contribution < 1.29 is 9.53 Å². The van der Waals surface area contributed by atoms with Crippen LogP contribution >= 0.6 is 0 Å². The summed E-state index contributed by atoms with van der Waals surface area (Å²) in [7, 11) is 3.30. The van der Waals surface area contributed by atoms with Crippen LogP contribution in [0.1, 0.15) is 26.3 Å². The standard InChI is InChI=1S/C16H26N4O2/c1-16(2,3)20-15(17-4)19-11-14(21)18-10-12-6-8-13(22-5)9-7-12/h6-9H,10-11H2,1-5H3,(H,18,21)(H2,17,19,20). The number of carbonyl (C=O) groups excluding carboxylic acids is 1. The van der Waals surface area contributed by atoms with Gasteiger partial charge in [-0.1, -0.05) is 12.1 Å². The summed E-state index contributed by atoms with van der Waals surface area (Å²) in [6.45, 7) is 6.75. The van der Waals surface area contributed by atoms with Gasteiger partial charge in [-0.3, -0.25) is 9.79 Å². The lowest BCUT2D eigenvalue weighted by molar-refractivity contribution is -0.120. The molecule has 1 amide bonds. The zero-order valence-electron chi connectivity index (χ0n) is 14.0. The Balaban J connectivity index is 2.36. The minimum absolute atomic E-state index is 0.0901. The fraction of sp³-hybridized carbons (Fsp3) is 0.500. The SMILES string of the molecule is CN=C(NCC(=O)NCc1ccc(OC)cc1)NC(C)(C)C. The molecular weight excluding hydrogens is 280 g/mol. The number of hydrogen-bond donors (Lipinski definition) is 3. The Hall–Kier alpha value is -2.24. The highest BCUT2D eigenvalue weighted by atomic mass is 16.5. The number of nitrogens with zero attached hydrogens (tertiary/aromatic N) is 1. The van der Waals surface area contributed by atoms with E-state index in [0.29, 0.717) is 12.5 Å². The molecule has 0 unspecified atom stereocenters. The molecule has 1 aromatic carbocycles. The Morgan fingerprint density at radius 3 is 2.32 bits per heavy atom. The maximum absolute atomic E-state index is 11.8. The fourth-order valence-corrected chi connectivity index (χ4v) is 1.70. The van der Waals surface area contributed by atoms with Crippen LogP contribution < -0.4 is 20.7 Å². The van der Waals surface area contributed by atoms with Crippen molar-refractivity contribution in [2.24, 2.45) is 4.99 Å². The van der Waals surface area contributed by atoms with Gasteiger partial charge in [0.25, 0.3) is 0 Å². The number of rotatable bonds is 5. The van der Waals surface area contributed by atoms with Crippen LogP contribution in [0.5, 0.6) is 5.75 Å². The minimum Gasteiger partial charge on any atom is -0.497 e. The van der Waals surface area contributed by atoms with Crippen molar-refractivity contribution in [2.75, 3.05) is 20.7 Å². The van der Waals surface area contributed by atoms with Crippen LogP contribution in [0.2, 0.25) is 0 Å². The van der Waals surface area contributed by atoms with E-state index >= 15 is 0 Å². The molecule has 1 aromatic rings. The number of hydrogen-bond acceptors (Lipinski definition) is 3. The first kappa shape index (κ1) is 17.8. The minimum atomic E-state index is -0.110. The van der Waals surface area contributed by atoms with Crippen molar-refractivity contribution in [3.05, 3.63) is 29.8 Å². The fourth-order valence-electron chi connectivity index (χ4n) is 1.70. The van der Waals surface area contributed by atoms with Crippen LogP contribution in [-0.2, 0) is 11.3 Å². The molecule has 0 bridgehead atoms. The van der Waals surface area contributed by atoms with E-state index in [1.54, 1.807) is 14.2 Å². The first-order valence-electron chi connectivity index (χ1n) is 7.22. The van der Waals surface area contributed by atoms with Crippen LogP contribution in [0.25, 0.3) is 0 Å². The summed E-state index contributed by atoms with van der Waals surface area (Å²) in [6, 6.07) is 7.59. The summed E-state index contributed by atoms with van der Waals surface area (Å²) in [5.41, 5.74) is 0.910. The first-order chi connectivity index (χ1) is 10.3. The lowest BCUT2D eigenvalue weighted by Gasteiger charge is -2.23. The number of methoxy groups -OCH3 is 1. The normalized spacial score (nSPS) is 11.8. The molecule has 1 rings (SSSR count). The Morgan fingerprint density at radius 2 is 1.82 bits per heavy atom. The first-order valence-corrected chi connectivity index (χ1v) is 7.22. The van der Waals surface area contributed by atoms with E-state index < -0.39 is 0 Å². The Kier molecular flexibility index (Phi) is 6.69. The molecule has 0 saturated heterocycles. The van der Waals surface area contributed by atoms with Crippen molar-refractivity contribution in [1.29, 1.82) is 0 Å². The molecule has 0 heterocycles. The van der Waals surface area contributed by atoms with Gasteiger partial charge in [0.2, 0.25) is 5.91 Å². The highest BCUT2D eigenvalue weighted by Crippen LogP contribution is 2.10. The molecule has 0 atom stereocenters. The van der Waals surface area contributed by atoms with E-state index in [9.17, 15) is 4.79 Å². The van der Waals surface area contributed by atoms with Crippen LogP contribution in [-0.4, -0.2) is 38.1 Å². The summed E-state index contributed by atoms with van der Waals surface area (Å²) in [6.07, 6.45) is 0. The van der Waals surface area contributed by atoms with E-state index in [0.717, 1.165) is 11.3 Å². The molecule has 122 valence electrons. The highest BCUT2D eigenvalue weighted by Gasteiger charge is 2.12. The van der Waals surface area contributed by atoms with E-state index in [1.807, 2.05) is 45.0 Å². The summed E-state index contributed by atoms with van der Waals surface area (Å²) in [5.74, 6) is 1.31. The largest absolute Gasteiger partial charge is 0.497 e. The Bertz CT molecular complexity index is 504. The third-order valence-electron chi connectivity index (χ3n) is 2.78. The summed E-state index contributed by atoms with van der Waals surface area (Å²) >= 11 is 0. The number of amides is 1. The number of guanidine groups is 1. The van der Waals surface area contributed by atoms with Crippen LogP contribution in [0.4, 0.5) is 0 Å². The van der Waals surface area contributed by atoms with Crippen molar-refractivity contribution in [3.8, 4) is 5.75 Å². The van der Waals surface area contributed by atoms with Crippen molar-refractivity contribution in [3.63, 3.8) is 0 Å². The molecule has 22 heavy (non-hydrogen) atoms. The second-order valence-electron chi connectivity index (χ2n) is 5.93. The number of benzene rings is 1. The zero-order chi connectivity index (χ0) is 16.6. The molecule has 6 heteroatoms. The molecular formula is C16H26N4O2. The van der Waals surface area contributed by atoms with Gasteiger partial charge in [-0.05, 0) is 38.5 Å². The van der Waals surface area contributed by atoms with Gasteiger partial charge in [0.1, 0.15) is 5.75 Å². The third kappa shape index (κ3) is 6.97. The predicted molar refractivity (Wildman–Crippen MR) is 89.1 cm³/mol. The van der Waals surface area contributed by atoms with Crippen molar-refractivity contribution >= 4 is 11.9 Å². The van der Waals surface area contributed by atoms with Gasteiger partial charge in [-0.2, -0.15) is 0 Å². The molecule has 0 aromatic heterocycles. The second-order valence-corrected chi connectivity index (χ2v) is 5.93. The van der Waals surface area contributed by atoms with Crippen molar-refractivity contribution in [1.82, 2.24) is 16.0 Å². The molecule has 0 radical (unpaired) electrons. The Labute approximate surface area is 132 Å². The van der Waals surface area contributed by atoms with Crippen LogP contribution in [0.15, 0.2) is 29.3 Å². The third-order valence-corrected chi connectivity index (χ3v) is 2.78. The molecule has 3 N–H and O–H groups in total. The quantitative estimate of drug-likeness (QED) is 0.566. The van der Waals surface area contributed by atoms with E-state index in [2.05, 4.69) is 20.9 Å². The van der Waals surface area contributed by atoms with Gasteiger partial charge in [-0.25, -0.2) is 0 Å². The lowest BCUT2D eigenvalue weighted by atomic mass is 10.1. The predicted octanol–water partition coefficient (Wildman–Crippen LogP) is 1.27. The molecule has 0 aliphatic carbocycles. The Morgan fingerprint density at radius 1 is 1.18 bits per heavy atom. The summed E-state index contributed by atoms with van der Waals surface area (Å²) in [5, 5.41) is 9.03. The molecule has 6 nitrogen and oxygen atoms in total. The topological polar surface area (TPSA) is 74.8 Å². The van der Waals surface area contributed by atoms with Gasteiger partial charge in [-0.15, -0.1) is 0 Å². The van der Waals surface area contributed by atoms with Gasteiger partial charge in [0.15, 0.2) is 5.96 Å². The number of nitrogens with one attached hydrogen (secondary N) is 3. The lowest BCUT2D eigenvalue weighted by Crippen LogP contribution is -2.49. The average molecular weight is 306 g/mol. The molecule has 0 aliphatic rings. The highest BCUT2D eigenvalue weighted by molar-refractivity contribution is 5.86. The number of ether oxygens (including phenoxy) is 1. The monoisotopic (exact) mass is 306 g/mol. The van der Waals surface area contributed by atoms with E-state index in [1.165, 1.54) is 0 Å². The maximum Gasteiger partial charge on any atom is 0.239 e. The van der Waals surface area contributed by atoms with Gasteiger partial charge in [0.05, 0.1) is 13.7 Å². The number of aliphatic imine (C=N–C) groups is 1. The zero-order valence-corrected chi connectivity index (χ0v) is 14.0. The van der Waals surface area contributed by atoms with Gasteiger partial charge in [0, 0.05) is 19.1 Å². The van der Waals surface area contributed by atoms with E-state index in [4.69, 9.17) is 4.74 Å². The van der Waals surface area contributed by atoms with Crippen LogP contribution in [0, 0.1) is 0 Å². The van der Waals surface area contributed by atoms with E-state index in [-0.39, 0.29) is 18.0 Å². The maximum atomic E-state index is 11.8. The summed E-state index contributed by atoms with van der Waals surface area (Å²) < 4.78 is 5.09. The second kappa shape index (κ2) is 8.26. The molecule has 0 fully saturated rings. The van der Waals surface area contributed by atoms with Gasteiger partial charge < -0.3 is 20.7 Å². The molecule has 0 aliphatic heterocycles. The van der Waals surface area contributed by atoms with Crippen LogP contribution in [0.3, 0.4) is 0 Å². The van der Waals surface area contributed by atoms with Crippen molar-refractivity contribution in [2.45, 2.75) is 32.9 Å². The molecule has 0 spiro atoms. The van der Waals surface area contributed by atoms with Gasteiger partial charge >= 0.3 is 0 Å². The average Bonchev–Trinajstić information content (AvgIpc) is 2.48. The molecule has 0 saturated carbocycles. The smallest absolute Gasteiger partial charge is 0.239 e. The number of carbonyl (C=O) groups is 1.